The first-order valence-corrected chi connectivity index (χ1v) is 8.54. The van der Waals surface area contributed by atoms with Gasteiger partial charge in [-0.15, -0.1) is 0 Å². The molecule has 0 saturated heterocycles. The van der Waals surface area contributed by atoms with Gasteiger partial charge in [0.1, 0.15) is 0 Å². The molecule has 2 aromatic rings. The van der Waals surface area contributed by atoms with Gasteiger partial charge in [-0.1, -0.05) is 52.5 Å². The molecule has 112 valence electrons. The Bertz CT molecular complexity index is 753. The minimum absolute atomic E-state index is 0.0984. The maximum atomic E-state index is 12.2. The van der Waals surface area contributed by atoms with E-state index in [-0.39, 0.29) is 16.5 Å². The molecule has 0 amide bonds. The van der Waals surface area contributed by atoms with Crippen LogP contribution >= 0.6 is 23.2 Å². The number of sulfonamides is 1. The molecular formula is C15H15Cl2NO2S. The standard InChI is InChI=1S/C15H15Cl2NO2S/c1-10-5-11(2)7-12(6-10)9-18-21(19,20)13-3-4-14(16)15(17)8-13/h3-8,18H,9H2,1-2H3. The molecule has 0 spiro atoms. The van der Waals surface area contributed by atoms with Gasteiger partial charge in [0, 0.05) is 6.54 Å². The van der Waals surface area contributed by atoms with Gasteiger partial charge in [-0.05, 0) is 37.6 Å². The Morgan fingerprint density at radius 2 is 1.57 bits per heavy atom. The largest absolute Gasteiger partial charge is 0.240 e. The minimum Gasteiger partial charge on any atom is -0.207 e. The van der Waals surface area contributed by atoms with Crippen LogP contribution in [0.4, 0.5) is 0 Å². The molecule has 0 bridgehead atoms. The molecule has 2 aromatic carbocycles. The molecule has 0 aliphatic rings. The average molecular weight is 344 g/mol. The van der Waals surface area contributed by atoms with Crippen molar-refractivity contribution in [3.05, 3.63) is 63.1 Å². The molecule has 0 aliphatic heterocycles. The predicted molar refractivity (Wildman–Crippen MR) is 86.4 cm³/mol. The van der Waals surface area contributed by atoms with Crippen LogP contribution in [0.5, 0.6) is 0 Å². The number of nitrogens with one attached hydrogen (secondary N) is 1. The van der Waals surface area contributed by atoms with Crippen LogP contribution in [0.1, 0.15) is 16.7 Å². The zero-order valence-corrected chi connectivity index (χ0v) is 14.0. The summed E-state index contributed by atoms with van der Waals surface area (Å²) in [6, 6.07) is 10.2. The fourth-order valence-electron chi connectivity index (χ4n) is 2.08. The third-order valence-corrected chi connectivity index (χ3v) is 5.09. The van der Waals surface area contributed by atoms with E-state index < -0.39 is 10.0 Å². The molecule has 0 aromatic heterocycles. The molecule has 3 nitrogen and oxygen atoms in total. The lowest BCUT2D eigenvalue weighted by Gasteiger charge is -2.09. The van der Waals surface area contributed by atoms with Crippen molar-refractivity contribution in [2.45, 2.75) is 25.3 Å². The summed E-state index contributed by atoms with van der Waals surface area (Å²) in [7, 11) is -3.62. The molecule has 0 unspecified atom stereocenters. The van der Waals surface area contributed by atoms with E-state index in [1.54, 1.807) is 0 Å². The van der Waals surface area contributed by atoms with Crippen molar-refractivity contribution in [2.24, 2.45) is 0 Å². The second-order valence-corrected chi connectivity index (χ2v) is 7.48. The second-order valence-electron chi connectivity index (χ2n) is 4.90. The lowest BCUT2D eigenvalue weighted by molar-refractivity contribution is 0.581. The summed E-state index contributed by atoms with van der Waals surface area (Å²) in [4.78, 5) is 0.0984. The zero-order valence-electron chi connectivity index (χ0n) is 11.7. The minimum atomic E-state index is -3.62. The summed E-state index contributed by atoms with van der Waals surface area (Å²) >= 11 is 11.6. The third-order valence-electron chi connectivity index (χ3n) is 2.95. The van der Waals surface area contributed by atoms with Crippen LogP contribution in [0.15, 0.2) is 41.3 Å². The van der Waals surface area contributed by atoms with Crippen molar-refractivity contribution >= 4 is 33.2 Å². The first kappa shape index (κ1) is 16.3. The van der Waals surface area contributed by atoms with E-state index in [0.717, 1.165) is 16.7 Å². The summed E-state index contributed by atoms with van der Waals surface area (Å²) in [5.74, 6) is 0. The van der Waals surface area contributed by atoms with Crippen LogP contribution in [0.3, 0.4) is 0 Å². The van der Waals surface area contributed by atoms with Crippen LogP contribution in [0.2, 0.25) is 10.0 Å². The van der Waals surface area contributed by atoms with Gasteiger partial charge >= 0.3 is 0 Å². The van der Waals surface area contributed by atoms with E-state index in [2.05, 4.69) is 4.72 Å². The van der Waals surface area contributed by atoms with E-state index in [9.17, 15) is 8.42 Å². The Balaban J connectivity index is 2.19. The van der Waals surface area contributed by atoms with Gasteiger partial charge in [-0.25, -0.2) is 13.1 Å². The van der Waals surface area contributed by atoms with E-state index in [0.29, 0.717) is 5.02 Å². The Morgan fingerprint density at radius 1 is 0.952 bits per heavy atom. The molecule has 0 fully saturated rings. The molecule has 0 radical (unpaired) electrons. The lowest BCUT2D eigenvalue weighted by Crippen LogP contribution is -2.23. The first-order valence-electron chi connectivity index (χ1n) is 6.30. The van der Waals surface area contributed by atoms with Gasteiger partial charge in [0.25, 0.3) is 0 Å². The van der Waals surface area contributed by atoms with Crippen molar-refractivity contribution in [2.75, 3.05) is 0 Å². The Hall–Kier alpha value is -1.07. The van der Waals surface area contributed by atoms with Gasteiger partial charge < -0.3 is 0 Å². The molecule has 1 N–H and O–H groups in total. The van der Waals surface area contributed by atoms with Gasteiger partial charge in [0.15, 0.2) is 0 Å². The van der Waals surface area contributed by atoms with E-state index >= 15 is 0 Å². The fraction of sp³-hybridized carbons (Fsp3) is 0.200. The SMILES string of the molecule is Cc1cc(C)cc(CNS(=O)(=O)c2ccc(Cl)c(Cl)c2)c1. The first-order chi connectivity index (χ1) is 9.78. The normalized spacial score (nSPS) is 11.6. The highest BCUT2D eigenvalue weighted by molar-refractivity contribution is 7.89. The van der Waals surface area contributed by atoms with Crippen LogP contribution in [-0.4, -0.2) is 8.42 Å². The van der Waals surface area contributed by atoms with E-state index in [1.807, 2.05) is 32.0 Å². The molecule has 0 saturated carbocycles. The number of aryl methyl sites for hydroxylation is 2. The predicted octanol–water partition coefficient (Wildman–Crippen LogP) is 4.09. The number of rotatable bonds is 4. The third kappa shape index (κ3) is 4.20. The highest BCUT2D eigenvalue weighted by atomic mass is 35.5. The number of hydrogen-bond acceptors (Lipinski definition) is 2. The van der Waals surface area contributed by atoms with Gasteiger partial charge in [0.2, 0.25) is 10.0 Å². The van der Waals surface area contributed by atoms with Gasteiger partial charge in [-0.3, -0.25) is 0 Å². The van der Waals surface area contributed by atoms with Gasteiger partial charge in [0.05, 0.1) is 14.9 Å². The van der Waals surface area contributed by atoms with Crippen molar-refractivity contribution in [3.63, 3.8) is 0 Å². The van der Waals surface area contributed by atoms with E-state index in [1.165, 1.54) is 18.2 Å². The zero-order chi connectivity index (χ0) is 15.6. The summed E-state index contributed by atoms with van der Waals surface area (Å²) in [6.45, 7) is 4.18. The maximum Gasteiger partial charge on any atom is 0.240 e. The van der Waals surface area contributed by atoms with Crippen molar-refractivity contribution in [3.8, 4) is 0 Å². The summed E-state index contributed by atoms with van der Waals surface area (Å²) in [5, 5.41) is 0.538. The highest BCUT2D eigenvalue weighted by Gasteiger charge is 2.15. The fourth-order valence-corrected chi connectivity index (χ4v) is 3.48. The van der Waals surface area contributed by atoms with Gasteiger partial charge in [-0.2, -0.15) is 0 Å². The van der Waals surface area contributed by atoms with Crippen LogP contribution in [0, 0.1) is 13.8 Å². The maximum absolute atomic E-state index is 12.2. The molecule has 6 heteroatoms. The average Bonchev–Trinajstić information content (AvgIpc) is 2.38. The Labute approximate surface area is 135 Å². The van der Waals surface area contributed by atoms with E-state index in [4.69, 9.17) is 23.2 Å². The summed E-state index contributed by atoms with van der Waals surface area (Å²) in [6.07, 6.45) is 0. The van der Waals surface area contributed by atoms with Crippen molar-refractivity contribution in [1.29, 1.82) is 0 Å². The van der Waals surface area contributed by atoms with Crippen molar-refractivity contribution in [1.82, 2.24) is 4.72 Å². The molecule has 0 atom stereocenters. The summed E-state index contributed by atoms with van der Waals surface area (Å²) < 4.78 is 27.0. The lowest BCUT2D eigenvalue weighted by atomic mass is 10.1. The number of benzene rings is 2. The number of halogens is 2. The van der Waals surface area contributed by atoms with Crippen LogP contribution in [0.25, 0.3) is 0 Å². The topological polar surface area (TPSA) is 46.2 Å². The monoisotopic (exact) mass is 343 g/mol. The van der Waals surface area contributed by atoms with Crippen molar-refractivity contribution < 1.29 is 8.42 Å². The highest BCUT2D eigenvalue weighted by Crippen LogP contribution is 2.24. The summed E-state index contributed by atoms with van der Waals surface area (Å²) in [5.41, 5.74) is 3.11. The molecule has 2 rings (SSSR count). The Morgan fingerprint density at radius 3 is 2.14 bits per heavy atom. The molecule has 0 aliphatic carbocycles. The molecule has 21 heavy (non-hydrogen) atoms. The molecular weight excluding hydrogens is 329 g/mol. The van der Waals surface area contributed by atoms with Crippen LogP contribution < -0.4 is 4.72 Å². The second kappa shape index (κ2) is 6.36. The Kier molecular flexibility index (Phi) is 4.94. The quantitative estimate of drug-likeness (QED) is 0.908. The number of hydrogen-bond donors (Lipinski definition) is 1. The smallest absolute Gasteiger partial charge is 0.207 e. The van der Waals surface area contributed by atoms with Crippen LogP contribution in [-0.2, 0) is 16.6 Å². The molecule has 0 heterocycles.